The van der Waals surface area contributed by atoms with Gasteiger partial charge in [-0.2, -0.15) is 5.10 Å². The zero-order valence-electron chi connectivity index (χ0n) is 7.39. The minimum Gasteiger partial charge on any atom is -0.377 e. The van der Waals surface area contributed by atoms with Crippen LogP contribution in [0, 0.1) is 0 Å². The van der Waals surface area contributed by atoms with E-state index in [-0.39, 0.29) is 17.6 Å². The Bertz CT molecular complexity index is 280. The van der Waals surface area contributed by atoms with Crippen LogP contribution in [0.4, 0.5) is 4.79 Å². The van der Waals surface area contributed by atoms with Crippen molar-refractivity contribution >= 4 is 23.0 Å². The molecule has 1 fully saturated rings. The van der Waals surface area contributed by atoms with Crippen LogP contribution >= 0.6 is 11.8 Å². The fourth-order valence-electron chi connectivity index (χ4n) is 1.45. The highest BCUT2D eigenvalue weighted by Gasteiger charge is 2.44. The second-order valence-corrected chi connectivity index (χ2v) is 4.17. The normalized spacial score (nSPS) is 32.8. The summed E-state index contributed by atoms with van der Waals surface area (Å²) in [5, 5.41) is 4.37. The summed E-state index contributed by atoms with van der Waals surface area (Å²) in [6.07, 6.45) is -0.0743. The quantitative estimate of drug-likeness (QED) is 0.538. The van der Waals surface area contributed by atoms with Crippen molar-refractivity contribution in [3.63, 3.8) is 0 Å². The molecule has 2 unspecified atom stereocenters. The third-order valence-corrected chi connectivity index (χ3v) is 3.37. The van der Waals surface area contributed by atoms with Gasteiger partial charge in [0, 0.05) is 14.1 Å². The van der Waals surface area contributed by atoms with E-state index in [1.165, 1.54) is 11.8 Å². The molecule has 0 aromatic heterocycles. The molecule has 6 nitrogen and oxygen atoms in total. The number of hydrogen-bond acceptors (Lipinski definition) is 5. The second kappa shape index (κ2) is 2.69. The van der Waals surface area contributed by atoms with Gasteiger partial charge in [-0.05, 0) is 0 Å². The van der Waals surface area contributed by atoms with E-state index >= 15 is 0 Å². The first-order chi connectivity index (χ1) is 6.11. The van der Waals surface area contributed by atoms with E-state index in [9.17, 15) is 4.79 Å². The van der Waals surface area contributed by atoms with Crippen LogP contribution in [0.25, 0.3) is 0 Å². The lowest BCUT2D eigenvalue weighted by Gasteiger charge is -2.27. The van der Waals surface area contributed by atoms with E-state index in [0.717, 1.165) is 0 Å². The van der Waals surface area contributed by atoms with Crippen molar-refractivity contribution in [1.82, 2.24) is 15.2 Å². The summed E-state index contributed by atoms with van der Waals surface area (Å²) >= 11 is 1.40. The van der Waals surface area contributed by atoms with E-state index in [4.69, 9.17) is 5.73 Å². The first-order valence-electron chi connectivity index (χ1n) is 3.86. The van der Waals surface area contributed by atoms with Gasteiger partial charge < -0.3 is 15.5 Å². The highest BCUT2D eigenvalue weighted by Crippen LogP contribution is 2.29. The van der Waals surface area contributed by atoms with Crippen LogP contribution in [0.1, 0.15) is 0 Å². The summed E-state index contributed by atoms with van der Waals surface area (Å²) in [5.74, 6) is 0. The summed E-state index contributed by atoms with van der Waals surface area (Å²) in [4.78, 5) is 14.8. The number of amides is 2. The predicted octanol–water partition coefficient (Wildman–Crippen LogP) is -0.798. The fraction of sp³-hybridized carbons (Fsp3) is 0.667. The van der Waals surface area contributed by atoms with Crippen molar-refractivity contribution in [2.75, 3.05) is 14.1 Å². The van der Waals surface area contributed by atoms with Gasteiger partial charge in [-0.1, -0.05) is 11.8 Å². The number of rotatable bonds is 0. The molecule has 0 saturated carbocycles. The summed E-state index contributed by atoms with van der Waals surface area (Å²) in [6, 6.07) is -0.0140. The van der Waals surface area contributed by atoms with Crippen LogP contribution in [0.2, 0.25) is 0 Å². The number of fused-ring (bicyclic) bond motifs is 1. The van der Waals surface area contributed by atoms with E-state index in [1.807, 2.05) is 0 Å². The Hall–Kier alpha value is -1.11. The highest BCUT2D eigenvalue weighted by atomic mass is 32.2. The molecule has 72 valence electrons. The van der Waals surface area contributed by atoms with Crippen LogP contribution < -0.4 is 11.2 Å². The number of thioether (sulfide) groups is 1. The molecular weight excluding hydrogens is 190 g/mol. The molecule has 2 aliphatic heterocycles. The van der Waals surface area contributed by atoms with Gasteiger partial charge in [0.2, 0.25) is 0 Å². The standard InChI is InChI=1S/C6H11N5OS/c1-10-3-4(11(2)6(10)12)13-5(7)9-8-3/h3-4,8H,1-2H3,(H2,7,9). The first kappa shape index (κ1) is 8.49. The predicted molar refractivity (Wildman–Crippen MR) is 50.8 cm³/mol. The minimum atomic E-state index is -0.0743. The number of likely N-dealkylation sites (N-methyl/N-ethyl adjacent to an activating group) is 2. The van der Waals surface area contributed by atoms with Crippen LogP contribution in [0.15, 0.2) is 5.10 Å². The van der Waals surface area contributed by atoms with E-state index in [1.54, 1.807) is 23.9 Å². The Morgan fingerprint density at radius 3 is 2.92 bits per heavy atom. The summed E-state index contributed by atoms with van der Waals surface area (Å²) in [6.45, 7) is 0. The minimum absolute atomic E-state index is 0.0140. The zero-order valence-corrected chi connectivity index (χ0v) is 8.21. The lowest BCUT2D eigenvalue weighted by atomic mass is 10.5. The van der Waals surface area contributed by atoms with Gasteiger partial charge in [0.05, 0.1) is 0 Å². The molecule has 0 bridgehead atoms. The van der Waals surface area contributed by atoms with Crippen molar-refractivity contribution in [2.24, 2.45) is 10.8 Å². The van der Waals surface area contributed by atoms with Gasteiger partial charge in [0.1, 0.15) is 11.5 Å². The molecular formula is C6H11N5OS. The monoisotopic (exact) mass is 201 g/mol. The third kappa shape index (κ3) is 1.11. The average molecular weight is 201 g/mol. The number of nitrogens with zero attached hydrogens (tertiary/aromatic N) is 3. The topological polar surface area (TPSA) is 74.0 Å². The molecule has 2 atom stereocenters. The Morgan fingerprint density at radius 1 is 1.54 bits per heavy atom. The number of nitrogens with two attached hydrogens (primary N) is 1. The van der Waals surface area contributed by atoms with Gasteiger partial charge in [0.25, 0.3) is 0 Å². The Kier molecular flexibility index (Phi) is 1.76. The van der Waals surface area contributed by atoms with Gasteiger partial charge in [-0.25, -0.2) is 4.79 Å². The van der Waals surface area contributed by atoms with E-state index in [0.29, 0.717) is 5.17 Å². The fourth-order valence-corrected chi connectivity index (χ4v) is 2.43. The molecule has 2 aliphatic rings. The molecule has 0 aromatic rings. The molecule has 2 rings (SSSR count). The average Bonchev–Trinajstić information content (AvgIpc) is 2.32. The van der Waals surface area contributed by atoms with Crippen molar-refractivity contribution < 1.29 is 4.79 Å². The molecule has 2 amide bonds. The largest absolute Gasteiger partial charge is 0.377 e. The SMILES string of the molecule is CN1C(=O)N(C)C2SC(N)=NNC21. The van der Waals surface area contributed by atoms with Crippen LogP contribution in [-0.2, 0) is 0 Å². The van der Waals surface area contributed by atoms with E-state index in [2.05, 4.69) is 10.5 Å². The highest BCUT2D eigenvalue weighted by molar-refractivity contribution is 8.14. The molecule has 2 heterocycles. The molecule has 1 saturated heterocycles. The van der Waals surface area contributed by atoms with Crippen molar-refractivity contribution in [3.05, 3.63) is 0 Å². The Labute approximate surface area is 80.1 Å². The van der Waals surface area contributed by atoms with Crippen molar-refractivity contribution in [1.29, 1.82) is 0 Å². The van der Waals surface area contributed by atoms with Crippen LogP contribution in [0.3, 0.4) is 0 Å². The lowest BCUT2D eigenvalue weighted by molar-refractivity contribution is 0.198. The number of urea groups is 1. The second-order valence-electron chi connectivity index (χ2n) is 3.04. The molecule has 0 aromatic carbocycles. The van der Waals surface area contributed by atoms with Gasteiger partial charge in [-0.15, -0.1) is 0 Å². The smallest absolute Gasteiger partial charge is 0.322 e. The van der Waals surface area contributed by atoms with Gasteiger partial charge in [0.15, 0.2) is 5.17 Å². The zero-order chi connectivity index (χ0) is 9.59. The molecule has 0 aliphatic carbocycles. The summed E-state index contributed by atoms with van der Waals surface area (Å²) in [7, 11) is 3.50. The molecule has 13 heavy (non-hydrogen) atoms. The summed E-state index contributed by atoms with van der Waals surface area (Å²) in [5.41, 5.74) is 8.38. The maximum absolute atomic E-state index is 11.5. The molecule has 3 N–H and O–H groups in total. The van der Waals surface area contributed by atoms with Gasteiger partial charge in [-0.3, -0.25) is 5.43 Å². The van der Waals surface area contributed by atoms with Gasteiger partial charge >= 0.3 is 6.03 Å². The Morgan fingerprint density at radius 2 is 2.23 bits per heavy atom. The Balaban J connectivity index is 2.25. The van der Waals surface area contributed by atoms with Crippen molar-refractivity contribution in [2.45, 2.75) is 11.5 Å². The lowest BCUT2D eigenvalue weighted by Crippen LogP contribution is -2.47. The number of carbonyl (C=O) groups is 1. The molecule has 0 radical (unpaired) electrons. The number of hydrogen-bond donors (Lipinski definition) is 2. The van der Waals surface area contributed by atoms with Crippen LogP contribution in [0.5, 0.6) is 0 Å². The van der Waals surface area contributed by atoms with Crippen molar-refractivity contribution in [3.8, 4) is 0 Å². The first-order valence-corrected chi connectivity index (χ1v) is 4.74. The number of hydrazone groups is 1. The molecule has 7 heteroatoms. The number of amidine groups is 1. The summed E-state index contributed by atoms with van der Waals surface area (Å²) < 4.78 is 0. The number of carbonyl (C=O) groups excluding carboxylic acids is 1. The third-order valence-electron chi connectivity index (χ3n) is 2.22. The number of nitrogens with one attached hydrogen (secondary N) is 1. The van der Waals surface area contributed by atoms with Crippen LogP contribution in [-0.4, -0.2) is 46.6 Å². The maximum Gasteiger partial charge on any atom is 0.322 e. The molecule has 0 spiro atoms. The maximum atomic E-state index is 11.5. The van der Waals surface area contributed by atoms with E-state index < -0.39 is 0 Å².